The second-order valence-electron chi connectivity index (χ2n) is 10.2. The standard InChI is InChI=1S/C23H28N4O3S/c28-18(25-22(30)26-23-9-13-6-14(10-23)8-15(7-13)11-23)4-5-27-12-24-20-19(21(27)29)16-2-1-3-17(16)31-20/h12-15H,1-11H2,(H2,25,26,28,30). The molecule has 5 aliphatic carbocycles. The Kier molecular flexibility index (Phi) is 4.49. The van der Waals surface area contributed by atoms with Gasteiger partial charge in [0.15, 0.2) is 0 Å². The summed E-state index contributed by atoms with van der Waals surface area (Å²) in [6, 6.07) is -0.386. The summed E-state index contributed by atoms with van der Waals surface area (Å²) >= 11 is 1.61. The van der Waals surface area contributed by atoms with E-state index in [1.54, 1.807) is 11.3 Å². The highest BCUT2D eigenvalue weighted by molar-refractivity contribution is 7.18. The number of nitrogens with zero attached hydrogens (tertiary/aromatic N) is 2. The van der Waals surface area contributed by atoms with Gasteiger partial charge in [-0.3, -0.25) is 19.5 Å². The molecule has 7 rings (SSSR count). The van der Waals surface area contributed by atoms with Crippen LogP contribution in [0.4, 0.5) is 4.79 Å². The predicted octanol–water partition coefficient (Wildman–Crippen LogP) is 3.13. The molecule has 0 radical (unpaired) electrons. The molecule has 2 aromatic rings. The number of fused-ring (bicyclic) bond motifs is 3. The molecule has 4 fully saturated rings. The van der Waals surface area contributed by atoms with Crippen molar-refractivity contribution < 1.29 is 9.59 Å². The average molecular weight is 441 g/mol. The minimum absolute atomic E-state index is 0.0739. The average Bonchev–Trinajstić information content (AvgIpc) is 3.26. The highest BCUT2D eigenvalue weighted by Gasteiger charge is 2.51. The van der Waals surface area contributed by atoms with Crippen LogP contribution in [-0.4, -0.2) is 27.0 Å². The molecule has 4 saturated carbocycles. The van der Waals surface area contributed by atoms with Crippen molar-refractivity contribution in [2.45, 2.75) is 76.3 Å². The van der Waals surface area contributed by atoms with Crippen LogP contribution in [0.3, 0.4) is 0 Å². The highest BCUT2D eigenvalue weighted by Crippen LogP contribution is 2.55. The van der Waals surface area contributed by atoms with Gasteiger partial charge in [-0.05, 0) is 81.1 Å². The number of imide groups is 1. The second-order valence-corrected chi connectivity index (χ2v) is 11.3. The molecule has 2 N–H and O–H groups in total. The van der Waals surface area contributed by atoms with Crippen LogP contribution in [0.2, 0.25) is 0 Å². The summed E-state index contributed by atoms with van der Waals surface area (Å²) in [6.45, 7) is 0.225. The van der Waals surface area contributed by atoms with Crippen LogP contribution in [0.1, 0.15) is 61.8 Å². The first-order chi connectivity index (χ1) is 15.0. The van der Waals surface area contributed by atoms with E-state index in [2.05, 4.69) is 15.6 Å². The van der Waals surface area contributed by atoms with Crippen LogP contribution >= 0.6 is 11.3 Å². The zero-order chi connectivity index (χ0) is 21.2. The fourth-order valence-corrected chi connectivity index (χ4v) is 8.35. The number of urea groups is 1. The Bertz CT molecular complexity index is 1100. The van der Waals surface area contributed by atoms with Gasteiger partial charge in [0.2, 0.25) is 5.91 Å². The Labute approximate surface area is 184 Å². The lowest BCUT2D eigenvalue weighted by Crippen LogP contribution is -2.61. The molecule has 3 amide bonds. The molecule has 2 heterocycles. The van der Waals surface area contributed by atoms with E-state index in [1.165, 1.54) is 35.0 Å². The Morgan fingerprint density at radius 2 is 1.84 bits per heavy atom. The third-order valence-corrected chi connectivity index (χ3v) is 9.14. The maximum atomic E-state index is 12.9. The van der Waals surface area contributed by atoms with Crippen LogP contribution in [0.25, 0.3) is 10.2 Å². The van der Waals surface area contributed by atoms with Crippen LogP contribution in [0.5, 0.6) is 0 Å². The van der Waals surface area contributed by atoms with E-state index in [9.17, 15) is 14.4 Å². The first kappa shape index (κ1) is 19.5. The molecule has 2 aromatic heterocycles. The molecule has 0 saturated heterocycles. The van der Waals surface area contributed by atoms with E-state index in [1.807, 2.05) is 0 Å². The van der Waals surface area contributed by atoms with Crippen molar-refractivity contribution >= 4 is 33.5 Å². The van der Waals surface area contributed by atoms with Gasteiger partial charge >= 0.3 is 6.03 Å². The molecule has 0 aliphatic heterocycles. The number of rotatable bonds is 4. The number of nitrogens with one attached hydrogen (secondary N) is 2. The van der Waals surface area contributed by atoms with Crippen LogP contribution in [0.15, 0.2) is 11.1 Å². The van der Waals surface area contributed by atoms with Gasteiger partial charge in [-0.1, -0.05) is 0 Å². The van der Waals surface area contributed by atoms with Crippen molar-refractivity contribution in [1.82, 2.24) is 20.2 Å². The quantitative estimate of drug-likeness (QED) is 0.764. The monoisotopic (exact) mass is 440 g/mol. The molecule has 0 atom stereocenters. The molecule has 164 valence electrons. The normalized spacial score (nSPS) is 30.5. The Hall–Kier alpha value is -2.22. The van der Waals surface area contributed by atoms with Crippen molar-refractivity contribution in [1.29, 1.82) is 0 Å². The lowest BCUT2D eigenvalue weighted by Gasteiger charge is -2.56. The topological polar surface area (TPSA) is 93.1 Å². The smallest absolute Gasteiger partial charge is 0.321 e. The zero-order valence-electron chi connectivity index (χ0n) is 17.6. The van der Waals surface area contributed by atoms with Gasteiger partial charge in [0.1, 0.15) is 4.83 Å². The second kappa shape index (κ2) is 7.15. The molecule has 4 bridgehead atoms. The number of hydrogen-bond donors (Lipinski definition) is 2. The highest BCUT2D eigenvalue weighted by atomic mass is 32.1. The third-order valence-electron chi connectivity index (χ3n) is 7.94. The predicted molar refractivity (Wildman–Crippen MR) is 118 cm³/mol. The van der Waals surface area contributed by atoms with E-state index < -0.39 is 0 Å². The Balaban J connectivity index is 1.08. The lowest BCUT2D eigenvalue weighted by molar-refractivity contribution is -0.120. The van der Waals surface area contributed by atoms with Gasteiger partial charge in [0.25, 0.3) is 5.56 Å². The Morgan fingerprint density at radius 1 is 1.13 bits per heavy atom. The van der Waals surface area contributed by atoms with E-state index in [4.69, 9.17) is 0 Å². The summed E-state index contributed by atoms with van der Waals surface area (Å²) in [5.74, 6) is 1.84. The van der Waals surface area contributed by atoms with E-state index in [-0.39, 0.29) is 36.0 Å². The van der Waals surface area contributed by atoms with Crippen LogP contribution in [-0.2, 0) is 24.2 Å². The Morgan fingerprint density at radius 3 is 2.55 bits per heavy atom. The molecule has 31 heavy (non-hydrogen) atoms. The van der Waals surface area contributed by atoms with Gasteiger partial charge in [-0.25, -0.2) is 9.78 Å². The zero-order valence-corrected chi connectivity index (χ0v) is 18.4. The van der Waals surface area contributed by atoms with E-state index in [0.717, 1.165) is 72.1 Å². The SMILES string of the molecule is O=C(CCn1cnc2sc3c(c2c1=O)CCC3)NC(=O)NC12CC3CC(CC(C3)C1)C2. The summed E-state index contributed by atoms with van der Waals surface area (Å²) in [4.78, 5) is 44.4. The molecule has 7 nitrogen and oxygen atoms in total. The summed E-state index contributed by atoms with van der Waals surface area (Å²) in [6.07, 6.45) is 11.7. The molecular formula is C23H28N4O3S. The summed E-state index contributed by atoms with van der Waals surface area (Å²) in [5.41, 5.74) is 0.950. The largest absolute Gasteiger partial charge is 0.332 e. The molecular weight excluding hydrogens is 412 g/mol. The first-order valence-electron chi connectivity index (χ1n) is 11.6. The summed E-state index contributed by atoms with van der Waals surface area (Å²) in [7, 11) is 0. The number of carbonyl (C=O) groups excluding carboxylic acids is 2. The number of hydrogen-bond acceptors (Lipinski definition) is 5. The fourth-order valence-electron chi connectivity index (χ4n) is 7.13. The number of amides is 3. The maximum Gasteiger partial charge on any atom is 0.321 e. The van der Waals surface area contributed by atoms with Gasteiger partial charge in [0, 0.05) is 23.4 Å². The van der Waals surface area contributed by atoms with Crippen molar-refractivity contribution in [2.75, 3.05) is 0 Å². The molecule has 5 aliphatic rings. The summed E-state index contributed by atoms with van der Waals surface area (Å²) < 4.78 is 1.50. The number of aromatic nitrogens is 2. The first-order valence-corrected chi connectivity index (χ1v) is 12.4. The third kappa shape index (κ3) is 3.39. The van der Waals surface area contributed by atoms with Gasteiger partial charge in [0.05, 0.1) is 11.7 Å². The molecule has 0 unspecified atom stereocenters. The van der Waals surface area contributed by atoms with Crippen molar-refractivity contribution in [2.24, 2.45) is 17.8 Å². The van der Waals surface area contributed by atoms with E-state index in [0.29, 0.717) is 0 Å². The minimum Gasteiger partial charge on any atom is -0.332 e. The minimum atomic E-state index is -0.386. The molecule has 0 aromatic carbocycles. The number of thiophene rings is 1. The van der Waals surface area contributed by atoms with Gasteiger partial charge in [-0.2, -0.15) is 0 Å². The maximum absolute atomic E-state index is 12.9. The van der Waals surface area contributed by atoms with E-state index >= 15 is 0 Å². The van der Waals surface area contributed by atoms with Crippen molar-refractivity contribution in [3.8, 4) is 0 Å². The van der Waals surface area contributed by atoms with Crippen molar-refractivity contribution in [3.05, 3.63) is 27.1 Å². The summed E-state index contributed by atoms with van der Waals surface area (Å²) in [5, 5.41) is 6.38. The van der Waals surface area contributed by atoms with Crippen LogP contribution < -0.4 is 16.2 Å². The fraction of sp³-hybridized carbons (Fsp3) is 0.652. The number of aryl methyl sites for hydroxylation is 3. The van der Waals surface area contributed by atoms with Crippen LogP contribution in [0, 0.1) is 17.8 Å². The lowest BCUT2D eigenvalue weighted by atomic mass is 9.53. The van der Waals surface area contributed by atoms with Gasteiger partial charge < -0.3 is 5.32 Å². The molecule has 0 spiro atoms. The van der Waals surface area contributed by atoms with Crippen molar-refractivity contribution in [3.63, 3.8) is 0 Å². The number of carbonyl (C=O) groups is 2. The van der Waals surface area contributed by atoms with Gasteiger partial charge in [-0.15, -0.1) is 11.3 Å². The molecule has 8 heteroatoms.